The number of hydrogen-bond donors (Lipinski definition) is 0. The normalized spacial score (nSPS) is 11.5. The van der Waals surface area contributed by atoms with Gasteiger partial charge in [0.05, 0.1) is 5.54 Å². The Morgan fingerprint density at radius 2 is 1.00 bits per heavy atom. The lowest BCUT2D eigenvalue weighted by Crippen LogP contribution is -1.83. The third-order valence-corrected chi connectivity index (χ3v) is 3.93. The zero-order valence-corrected chi connectivity index (χ0v) is 13.8. The van der Waals surface area contributed by atoms with Gasteiger partial charge in [-0.1, -0.05) is 108 Å². The molecule has 0 aliphatic rings. The van der Waals surface area contributed by atoms with Gasteiger partial charge in [0.2, 0.25) is 0 Å². The smallest absolute Gasteiger partial charge is 0.0549 e. The van der Waals surface area contributed by atoms with Gasteiger partial charge >= 0.3 is 0 Å². The van der Waals surface area contributed by atoms with E-state index in [1.54, 1.807) is 0 Å². The number of hydrogen-bond acceptors (Lipinski definition) is 0. The van der Waals surface area contributed by atoms with Crippen LogP contribution in [0.15, 0.2) is 6.08 Å². The minimum Gasteiger partial charge on any atom is -0.0831 e. The van der Waals surface area contributed by atoms with Crippen LogP contribution in [0.1, 0.15) is 103 Å². The lowest BCUT2D eigenvalue weighted by atomic mass is 10.0. The maximum Gasteiger partial charge on any atom is 0.0549 e. The molecule has 0 nitrogen and oxygen atoms in total. The maximum atomic E-state index is 5.35. The highest BCUT2D eigenvalue weighted by molar-refractivity contribution is 6.22. The highest BCUT2D eigenvalue weighted by Gasteiger charge is 1.93. The molecule has 0 bridgehead atoms. The van der Waals surface area contributed by atoms with E-state index in [2.05, 4.69) is 12.5 Å². The van der Waals surface area contributed by atoms with E-state index >= 15 is 0 Å². The van der Waals surface area contributed by atoms with Crippen LogP contribution in [0.3, 0.4) is 0 Å². The molecule has 0 fully saturated rings. The molecule has 0 aromatic rings. The molecule has 0 aromatic heterocycles. The largest absolute Gasteiger partial charge is 0.0831 e. The molecule has 0 amide bonds. The van der Waals surface area contributed by atoms with Gasteiger partial charge in [0.25, 0.3) is 0 Å². The fourth-order valence-corrected chi connectivity index (χ4v) is 2.60. The first kappa shape index (κ1) is 19.0. The van der Waals surface area contributed by atoms with Crippen LogP contribution in [0, 0.1) is 5.54 Å². The van der Waals surface area contributed by atoms with E-state index in [4.69, 9.17) is 11.6 Å². The lowest BCUT2D eigenvalue weighted by Gasteiger charge is -2.02. The molecule has 0 saturated carbocycles. The van der Waals surface area contributed by atoms with Crippen molar-refractivity contribution in [3.8, 4) is 0 Å². The van der Waals surface area contributed by atoms with E-state index in [1.807, 2.05) is 6.08 Å². The highest BCUT2D eigenvalue weighted by atomic mass is 35.5. The molecule has 0 rings (SSSR count). The van der Waals surface area contributed by atoms with Crippen LogP contribution in [0.5, 0.6) is 0 Å². The molecule has 19 heavy (non-hydrogen) atoms. The van der Waals surface area contributed by atoms with Crippen molar-refractivity contribution >= 4 is 11.6 Å². The maximum absolute atomic E-state index is 5.35. The standard InChI is InChI=1S/C18H34Cl/c1-2-3-4-5-6-7-8-9-10-11-12-13-14-15-16-17-18-19/h17H,2-16H2,1H3. The third-order valence-electron chi connectivity index (χ3n) is 3.78. The molecular weight excluding hydrogens is 252 g/mol. The van der Waals surface area contributed by atoms with Crippen LogP contribution in [-0.4, -0.2) is 0 Å². The van der Waals surface area contributed by atoms with E-state index in [0.717, 1.165) is 6.42 Å². The fraction of sp³-hybridized carbons (Fsp3) is 0.889. The van der Waals surface area contributed by atoms with Crippen molar-refractivity contribution in [3.05, 3.63) is 11.6 Å². The van der Waals surface area contributed by atoms with E-state index in [1.165, 1.54) is 89.9 Å². The molecule has 0 aromatic carbocycles. The molecule has 1 heteroatoms. The molecular formula is C18H34Cl. The van der Waals surface area contributed by atoms with Crippen LogP contribution in [0.4, 0.5) is 0 Å². The summed E-state index contributed by atoms with van der Waals surface area (Å²) in [6.07, 6.45) is 22.9. The molecule has 0 N–H and O–H groups in total. The Morgan fingerprint density at radius 3 is 1.37 bits per heavy atom. The van der Waals surface area contributed by atoms with Gasteiger partial charge < -0.3 is 0 Å². The van der Waals surface area contributed by atoms with Crippen LogP contribution < -0.4 is 0 Å². The topological polar surface area (TPSA) is 0 Å². The molecule has 0 aliphatic carbocycles. The first-order valence-corrected chi connectivity index (χ1v) is 8.97. The Hall–Kier alpha value is 0.0300. The first-order chi connectivity index (χ1) is 9.41. The molecule has 0 heterocycles. The third kappa shape index (κ3) is 18.0. The second-order valence-corrected chi connectivity index (χ2v) is 5.92. The van der Waals surface area contributed by atoms with Crippen LogP contribution in [0.2, 0.25) is 0 Å². The average Bonchev–Trinajstić information content (AvgIpc) is 2.43. The van der Waals surface area contributed by atoms with Crippen molar-refractivity contribution in [2.75, 3.05) is 0 Å². The van der Waals surface area contributed by atoms with Crippen LogP contribution >= 0.6 is 11.6 Å². The molecule has 0 atom stereocenters. The van der Waals surface area contributed by atoms with E-state index in [9.17, 15) is 0 Å². The number of unbranched alkanes of at least 4 members (excludes halogenated alkanes) is 14. The minimum absolute atomic E-state index is 1.10. The lowest BCUT2D eigenvalue weighted by molar-refractivity contribution is 0.536. The molecule has 0 saturated heterocycles. The Bertz CT molecular complexity index is 175. The minimum atomic E-state index is 1.10. The quantitative estimate of drug-likeness (QED) is 0.275. The van der Waals surface area contributed by atoms with Gasteiger partial charge in [0.1, 0.15) is 0 Å². The van der Waals surface area contributed by atoms with E-state index in [0.29, 0.717) is 0 Å². The Labute approximate surface area is 127 Å². The molecule has 0 spiro atoms. The fourth-order valence-electron chi connectivity index (χ4n) is 2.50. The van der Waals surface area contributed by atoms with Crippen molar-refractivity contribution in [1.82, 2.24) is 0 Å². The van der Waals surface area contributed by atoms with Gasteiger partial charge in [-0.25, -0.2) is 0 Å². The zero-order chi connectivity index (χ0) is 14.0. The van der Waals surface area contributed by atoms with Gasteiger partial charge in [-0.15, -0.1) is 0 Å². The summed E-state index contributed by atoms with van der Waals surface area (Å²) in [6.45, 7) is 2.28. The Balaban J connectivity index is 2.91. The second-order valence-electron chi connectivity index (χ2n) is 5.70. The Morgan fingerprint density at radius 1 is 0.632 bits per heavy atom. The van der Waals surface area contributed by atoms with Crippen molar-refractivity contribution in [1.29, 1.82) is 0 Å². The summed E-state index contributed by atoms with van der Waals surface area (Å²) >= 11 is 5.35. The predicted molar refractivity (Wildman–Crippen MR) is 88.6 cm³/mol. The molecule has 1 radical (unpaired) electrons. The summed E-state index contributed by atoms with van der Waals surface area (Å²) in [5, 5.41) is 0. The predicted octanol–water partition coefficient (Wildman–Crippen LogP) is 7.41. The highest BCUT2D eigenvalue weighted by Crippen LogP contribution is 2.13. The van der Waals surface area contributed by atoms with Crippen molar-refractivity contribution in [2.24, 2.45) is 0 Å². The van der Waals surface area contributed by atoms with Crippen molar-refractivity contribution in [2.45, 2.75) is 103 Å². The van der Waals surface area contributed by atoms with E-state index in [-0.39, 0.29) is 0 Å². The summed E-state index contributed by atoms with van der Waals surface area (Å²) < 4.78 is 0. The van der Waals surface area contributed by atoms with Crippen LogP contribution in [0.25, 0.3) is 0 Å². The second kappa shape index (κ2) is 18.0. The summed E-state index contributed by atoms with van der Waals surface area (Å²) in [4.78, 5) is 0. The zero-order valence-electron chi connectivity index (χ0n) is 13.1. The summed E-state index contributed by atoms with van der Waals surface area (Å²) in [5.41, 5.74) is 2.56. The van der Waals surface area contributed by atoms with E-state index < -0.39 is 0 Å². The number of halogens is 1. The summed E-state index contributed by atoms with van der Waals surface area (Å²) in [5.74, 6) is 0. The monoisotopic (exact) mass is 285 g/mol. The average molecular weight is 286 g/mol. The molecule has 113 valence electrons. The molecule has 0 aliphatic heterocycles. The van der Waals surface area contributed by atoms with Gasteiger partial charge in [-0.05, 0) is 12.8 Å². The van der Waals surface area contributed by atoms with Crippen molar-refractivity contribution in [3.63, 3.8) is 0 Å². The first-order valence-electron chi connectivity index (χ1n) is 8.59. The van der Waals surface area contributed by atoms with Gasteiger partial charge in [0.15, 0.2) is 0 Å². The number of rotatable bonds is 15. The van der Waals surface area contributed by atoms with Gasteiger partial charge in [0, 0.05) is 0 Å². The van der Waals surface area contributed by atoms with Crippen LogP contribution in [-0.2, 0) is 0 Å². The summed E-state index contributed by atoms with van der Waals surface area (Å²) in [6, 6.07) is 0. The van der Waals surface area contributed by atoms with Crippen molar-refractivity contribution < 1.29 is 0 Å². The Kier molecular flexibility index (Phi) is 18.1. The van der Waals surface area contributed by atoms with Gasteiger partial charge in [-0.3, -0.25) is 0 Å². The molecule has 0 unspecified atom stereocenters. The number of allylic oxidation sites excluding steroid dienone is 1. The summed E-state index contributed by atoms with van der Waals surface area (Å²) in [7, 11) is 0. The van der Waals surface area contributed by atoms with Gasteiger partial charge in [-0.2, -0.15) is 0 Å². The SMILES string of the molecule is CCCCCCCCCCCCCCCC/C=[C]\Cl.